The van der Waals surface area contributed by atoms with Gasteiger partial charge in [-0.1, -0.05) is 11.6 Å². The highest BCUT2D eigenvalue weighted by molar-refractivity contribution is 9.10. The number of hydrogen-bond donors (Lipinski definition) is 2. The smallest absolute Gasteiger partial charge is 0.319 e. The van der Waals surface area contributed by atoms with Crippen molar-refractivity contribution in [2.45, 2.75) is 19.9 Å². The van der Waals surface area contributed by atoms with Crippen molar-refractivity contribution in [3.63, 3.8) is 0 Å². The molecular formula is C16H15BrClN7O. The summed E-state index contributed by atoms with van der Waals surface area (Å²) in [5.74, 6) is 0.895. The minimum absolute atomic E-state index is 0.377. The van der Waals surface area contributed by atoms with Crippen LogP contribution < -0.4 is 10.6 Å². The summed E-state index contributed by atoms with van der Waals surface area (Å²) in [5, 5.41) is 10.3. The van der Waals surface area contributed by atoms with E-state index in [9.17, 15) is 4.79 Å². The molecule has 1 aromatic carbocycles. The van der Waals surface area contributed by atoms with Crippen LogP contribution in [0.5, 0.6) is 0 Å². The topological polar surface area (TPSA) is 97.6 Å². The Morgan fingerprint density at radius 3 is 2.73 bits per heavy atom. The molecule has 0 unspecified atom stereocenters. The van der Waals surface area contributed by atoms with Gasteiger partial charge in [-0.3, -0.25) is 0 Å². The number of aryl methyl sites for hydroxylation is 1. The molecule has 26 heavy (non-hydrogen) atoms. The van der Waals surface area contributed by atoms with E-state index in [4.69, 9.17) is 11.6 Å². The number of benzene rings is 1. The Kier molecular flexibility index (Phi) is 5.48. The highest BCUT2D eigenvalue weighted by Crippen LogP contribution is 2.29. The van der Waals surface area contributed by atoms with Crippen LogP contribution in [0.4, 0.5) is 10.5 Å². The quantitative estimate of drug-likeness (QED) is 0.650. The molecule has 0 aliphatic rings. The number of halogens is 2. The first-order valence-corrected chi connectivity index (χ1v) is 8.83. The van der Waals surface area contributed by atoms with E-state index in [1.54, 1.807) is 37.5 Å². The number of nitrogens with one attached hydrogen (secondary N) is 2. The lowest BCUT2D eigenvalue weighted by molar-refractivity contribution is 0.248. The van der Waals surface area contributed by atoms with Crippen molar-refractivity contribution in [3.05, 3.63) is 57.8 Å². The average molecular weight is 437 g/mol. The minimum Gasteiger partial charge on any atom is -0.328 e. The maximum atomic E-state index is 12.4. The number of anilines is 1. The van der Waals surface area contributed by atoms with Crippen LogP contribution in [0.15, 0.2) is 41.4 Å². The Bertz CT molecular complexity index is 932. The van der Waals surface area contributed by atoms with Crippen molar-refractivity contribution in [2.75, 3.05) is 5.32 Å². The molecule has 8 nitrogen and oxygen atoms in total. The molecule has 3 aromatic rings. The van der Waals surface area contributed by atoms with E-state index in [-0.39, 0.29) is 6.03 Å². The van der Waals surface area contributed by atoms with Gasteiger partial charge in [0.1, 0.15) is 6.33 Å². The summed E-state index contributed by atoms with van der Waals surface area (Å²) in [6.07, 6.45) is 4.61. The molecule has 10 heteroatoms. The molecule has 2 heterocycles. The third-order valence-electron chi connectivity index (χ3n) is 3.57. The van der Waals surface area contributed by atoms with Gasteiger partial charge in [-0.15, -0.1) is 0 Å². The van der Waals surface area contributed by atoms with Crippen LogP contribution in [-0.2, 0) is 0 Å². The number of aromatic nitrogens is 5. The number of carbonyl (C=O) groups excluding carboxylic acids is 1. The summed E-state index contributed by atoms with van der Waals surface area (Å²) >= 11 is 9.39. The second kappa shape index (κ2) is 7.79. The second-order valence-electron chi connectivity index (χ2n) is 5.48. The largest absolute Gasteiger partial charge is 0.328 e. The predicted octanol–water partition coefficient (Wildman–Crippen LogP) is 3.66. The zero-order valence-corrected chi connectivity index (χ0v) is 16.3. The fourth-order valence-corrected chi connectivity index (χ4v) is 2.86. The summed E-state index contributed by atoms with van der Waals surface area (Å²) in [7, 11) is 0. The summed E-state index contributed by atoms with van der Waals surface area (Å²) in [4.78, 5) is 24.8. The zero-order valence-electron chi connectivity index (χ0n) is 13.9. The Morgan fingerprint density at radius 1 is 1.27 bits per heavy atom. The number of nitrogens with zero attached hydrogens (tertiary/aromatic N) is 5. The van der Waals surface area contributed by atoms with E-state index in [0.717, 1.165) is 5.56 Å². The predicted molar refractivity (Wildman–Crippen MR) is 101 cm³/mol. The van der Waals surface area contributed by atoms with Crippen LogP contribution in [-0.4, -0.2) is 30.8 Å². The first-order chi connectivity index (χ1) is 12.5. The Hall–Kier alpha value is -2.52. The second-order valence-corrected chi connectivity index (χ2v) is 6.74. The van der Waals surface area contributed by atoms with Crippen LogP contribution in [0.3, 0.4) is 0 Å². The van der Waals surface area contributed by atoms with Gasteiger partial charge in [0.05, 0.1) is 11.1 Å². The third-order valence-corrected chi connectivity index (χ3v) is 4.76. The lowest BCUT2D eigenvalue weighted by atomic mass is 10.2. The monoisotopic (exact) mass is 435 g/mol. The van der Waals surface area contributed by atoms with Gasteiger partial charge in [0.2, 0.25) is 0 Å². The van der Waals surface area contributed by atoms with E-state index >= 15 is 0 Å². The van der Waals surface area contributed by atoms with E-state index in [2.05, 4.69) is 46.6 Å². The molecule has 0 aliphatic heterocycles. The molecule has 0 bridgehead atoms. The van der Waals surface area contributed by atoms with Gasteiger partial charge < -0.3 is 10.6 Å². The van der Waals surface area contributed by atoms with Gasteiger partial charge in [-0.05, 0) is 53.5 Å². The minimum atomic E-state index is -0.419. The van der Waals surface area contributed by atoms with Crippen LogP contribution in [0.25, 0.3) is 5.95 Å². The van der Waals surface area contributed by atoms with Crippen molar-refractivity contribution in [1.29, 1.82) is 0 Å². The molecule has 2 amide bonds. The molecular weight excluding hydrogens is 422 g/mol. The molecule has 3 rings (SSSR count). The van der Waals surface area contributed by atoms with Gasteiger partial charge in [0.15, 0.2) is 5.82 Å². The average Bonchev–Trinajstić information content (AvgIpc) is 3.10. The van der Waals surface area contributed by atoms with Gasteiger partial charge in [0.25, 0.3) is 5.95 Å². The molecule has 0 spiro atoms. The van der Waals surface area contributed by atoms with Gasteiger partial charge in [0, 0.05) is 22.6 Å². The standard InChI is InChI=1S/C16H15BrClN7O/c1-9-6-12(18)11(17)7-13(9)24-16(26)23-10(2)14-21-8-22-25(14)15-19-4-3-5-20-15/h3-8,10H,1-2H3,(H2,23,24,26)/t10-/m0/s1. The lowest BCUT2D eigenvalue weighted by Gasteiger charge is -2.16. The normalized spacial score (nSPS) is 11.8. The SMILES string of the molecule is Cc1cc(Cl)c(Br)cc1NC(=O)N[C@@H](C)c1ncnn1-c1ncccn1. The number of urea groups is 1. The lowest BCUT2D eigenvalue weighted by Crippen LogP contribution is -2.33. The van der Waals surface area contributed by atoms with Gasteiger partial charge >= 0.3 is 6.03 Å². The molecule has 0 saturated carbocycles. The summed E-state index contributed by atoms with van der Waals surface area (Å²) in [6.45, 7) is 3.66. The number of amides is 2. The molecule has 134 valence electrons. The van der Waals surface area contributed by atoms with Crippen LogP contribution in [0.2, 0.25) is 5.02 Å². The summed E-state index contributed by atoms with van der Waals surface area (Å²) < 4.78 is 2.18. The van der Waals surface area contributed by atoms with Crippen molar-refractivity contribution >= 4 is 39.2 Å². The Labute approximate surface area is 163 Å². The van der Waals surface area contributed by atoms with Crippen molar-refractivity contribution < 1.29 is 4.79 Å². The van der Waals surface area contributed by atoms with Crippen molar-refractivity contribution in [1.82, 2.24) is 30.0 Å². The number of carbonyl (C=O) groups is 1. The van der Waals surface area contributed by atoms with Crippen LogP contribution in [0, 0.1) is 6.92 Å². The third kappa shape index (κ3) is 4.00. The van der Waals surface area contributed by atoms with Crippen LogP contribution in [0.1, 0.15) is 24.4 Å². The molecule has 0 aliphatic carbocycles. The Balaban J connectivity index is 1.73. The maximum absolute atomic E-state index is 12.4. The van der Waals surface area contributed by atoms with Crippen molar-refractivity contribution in [3.8, 4) is 5.95 Å². The molecule has 0 saturated heterocycles. The molecule has 0 radical (unpaired) electrons. The highest BCUT2D eigenvalue weighted by atomic mass is 79.9. The van der Waals surface area contributed by atoms with Gasteiger partial charge in [-0.2, -0.15) is 9.78 Å². The van der Waals surface area contributed by atoms with Crippen molar-refractivity contribution in [2.24, 2.45) is 0 Å². The first-order valence-electron chi connectivity index (χ1n) is 7.66. The van der Waals surface area contributed by atoms with E-state index in [1.165, 1.54) is 11.0 Å². The molecule has 0 fully saturated rings. The summed E-state index contributed by atoms with van der Waals surface area (Å²) in [6, 6.07) is 4.44. The zero-order chi connectivity index (χ0) is 18.7. The fraction of sp³-hybridized carbons (Fsp3) is 0.188. The van der Waals surface area contributed by atoms with E-state index < -0.39 is 6.04 Å². The number of hydrogen-bond acceptors (Lipinski definition) is 5. The molecule has 2 N–H and O–H groups in total. The Morgan fingerprint density at radius 2 is 2.00 bits per heavy atom. The van der Waals surface area contributed by atoms with E-state index in [0.29, 0.717) is 27.0 Å². The highest BCUT2D eigenvalue weighted by Gasteiger charge is 2.18. The first kappa shape index (κ1) is 18.3. The number of rotatable bonds is 4. The fourth-order valence-electron chi connectivity index (χ4n) is 2.30. The molecule has 1 atom stereocenters. The van der Waals surface area contributed by atoms with E-state index in [1.807, 2.05) is 6.92 Å². The summed E-state index contributed by atoms with van der Waals surface area (Å²) in [5.41, 5.74) is 1.50. The molecule has 2 aromatic heterocycles. The van der Waals surface area contributed by atoms with Crippen LogP contribution >= 0.6 is 27.5 Å². The maximum Gasteiger partial charge on any atom is 0.319 e. The van der Waals surface area contributed by atoms with Gasteiger partial charge in [-0.25, -0.2) is 19.7 Å².